The highest BCUT2D eigenvalue weighted by Gasteiger charge is 2.32. The van der Waals surface area contributed by atoms with E-state index in [1.807, 2.05) is 18.2 Å². The molecule has 0 radical (unpaired) electrons. The molecule has 146 valence electrons. The fourth-order valence-corrected chi connectivity index (χ4v) is 5.54. The number of carboxylic acid groups (broad SMARTS) is 1. The smallest absolute Gasteiger partial charge is 0.307 e. The van der Waals surface area contributed by atoms with Crippen molar-refractivity contribution >= 4 is 38.3 Å². The van der Waals surface area contributed by atoms with Gasteiger partial charge in [0.05, 0.1) is 23.2 Å². The Morgan fingerprint density at radius 3 is 2.69 bits per heavy atom. The van der Waals surface area contributed by atoms with E-state index in [1.165, 1.54) is 15.0 Å². The van der Waals surface area contributed by atoms with Gasteiger partial charge in [0.2, 0.25) is 0 Å². The second kappa shape index (κ2) is 7.58. The molecule has 0 spiro atoms. The summed E-state index contributed by atoms with van der Waals surface area (Å²) in [5.41, 5.74) is 1.96. The highest BCUT2D eigenvalue weighted by atomic mass is 32.1. The summed E-state index contributed by atoms with van der Waals surface area (Å²) >= 11 is 1.78. The number of likely N-dealkylation sites (tertiary alicyclic amines) is 1. The molecule has 29 heavy (non-hydrogen) atoms. The summed E-state index contributed by atoms with van der Waals surface area (Å²) in [6, 6.07) is 23.0. The van der Waals surface area contributed by atoms with Crippen LogP contribution in [0.1, 0.15) is 29.5 Å². The lowest BCUT2D eigenvalue weighted by molar-refractivity contribution is -0.143. The normalized spacial score (nSPS) is 18.8. The first-order valence-electron chi connectivity index (χ1n) is 10.00. The number of benzene rings is 2. The lowest BCUT2D eigenvalue weighted by Crippen LogP contribution is -2.41. The number of pyridine rings is 1. The van der Waals surface area contributed by atoms with E-state index >= 15 is 0 Å². The molecule has 1 N–H and O–H groups in total. The highest BCUT2D eigenvalue weighted by molar-refractivity contribution is 7.19. The zero-order valence-corrected chi connectivity index (χ0v) is 16.8. The van der Waals surface area contributed by atoms with Crippen LogP contribution in [0.5, 0.6) is 0 Å². The lowest BCUT2D eigenvalue weighted by Gasteiger charge is -2.36. The van der Waals surface area contributed by atoms with Gasteiger partial charge in [-0.15, -0.1) is 11.3 Å². The zero-order valence-electron chi connectivity index (χ0n) is 16.0. The second-order valence-electron chi connectivity index (χ2n) is 7.69. The summed E-state index contributed by atoms with van der Waals surface area (Å²) in [5.74, 6) is -1.02. The van der Waals surface area contributed by atoms with Crippen molar-refractivity contribution in [3.63, 3.8) is 0 Å². The first kappa shape index (κ1) is 18.3. The van der Waals surface area contributed by atoms with Crippen molar-refractivity contribution in [3.8, 4) is 0 Å². The van der Waals surface area contributed by atoms with Crippen molar-refractivity contribution in [2.24, 2.45) is 5.92 Å². The summed E-state index contributed by atoms with van der Waals surface area (Å²) in [5, 5.41) is 11.9. The summed E-state index contributed by atoms with van der Waals surface area (Å²) in [6.45, 7) is 1.44. The van der Waals surface area contributed by atoms with Crippen LogP contribution < -0.4 is 0 Å². The molecule has 1 saturated heterocycles. The van der Waals surface area contributed by atoms with Crippen molar-refractivity contribution in [1.82, 2.24) is 9.88 Å². The van der Waals surface area contributed by atoms with Crippen molar-refractivity contribution in [2.45, 2.75) is 18.9 Å². The molecule has 4 aromatic rings. The van der Waals surface area contributed by atoms with Crippen LogP contribution in [0.25, 0.3) is 21.0 Å². The van der Waals surface area contributed by atoms with E-state index in [1.54, 1.807) is 11.3 Å². The number of piperidine rings is 1. The molecule has 3 heterocycles. The van der Waals surface area contributed by atoms with Gasteiger partial charge in [-0.3, -0.25) is 14.7 Å². The van der Waals surface area contributed by atoms with Gasteiger partial charge < -0.3 is 5.11 Å². The second-order valence-corrected chi connectivity index (χ2v) is 8.81. The molecular formula is C24H22N2O2S. The maximum absolute atomic E-state index is 11.7. The average molecular weight is 403 g/mol. The summed E-state index contributed by atoms with van der Waals surface area (Å²) < 4.78 is 1.25. The van der Waals surface area contributed by atoms with Crippen molar-refractivity contribution in [3.05, 3.63) is 77.3 Å². The predicted molar refractivity (Wildman–Crippen MR) is 117 cm³/mol. The Bertz CT molecular complexity index is 1150. The molecule has 5 heteroatoms. The predicted octanol–water partition coefficient (Wildman–Crippen LogP) is 5.34. The zero-order chi connectivity index (χ0) is 19.8. The minimum absolute atomic E-state index is 0.0286. The van der Waals surface area contributed by atoms with Gasteiger partial charge in [0, 0.05) is 21.5 Å². The molecule has 1 aliphatic heterocycles. The number of carboxylic acids is 1. The third-order valence-corrected chi connectivity index (χ3v) is 6.95. The Balaban J connectivity index is 1.62. The van der Waals surface area contributed by atoms with Gasteiger partial charge >= 0.3 is 5.97 Å². The maximum Gasteiger partial charge on any atom is 0.307 e. The van der Waals surface area contributed by atoms with Crippen molar-refractivity contribution in [2.75, 3.05) is 13.1 Å². The molecule has 0 bridgehead atoms. The van der Waals surface area contributed by atoms with Crippen LogP contribution in [0, 0.1) is 5.92 Å². The number of carbonyl (C=O) groups is 1. The topological polar surface area (TPSA) is 53.4 Å². The van der Waals surface area contributed by atoms with Gasteiger partial charge in [-0.1, -0.05) is 42.5 Å². The van der Waals surface area contributed by atoms with Crippen LogP contribution in [0.4, 0.5) is 0 Å². The van der Waals surface area contributed by atoms with E-state index < -0.39 is 5.97 Å². The van der Waals surface area contributed by atoms with E-state index in [9.17, 15) is 9.90 Å². The van der Waals surface area contributed by atoms with Crippen molar-refractivity contribution in [1.29, 1.82) is 0 Å². The van der Waals surface area contributed by atoms with Crippen LogP contribution in [-0.4, -0.2) is 34.0 Å². The Labute approximate surface area is 173 Å². The van der Waals surface area contributed by atoms with Gasteiger partial charge in [-0.25, -0.2) is 0 Å². The van der Waals surface area contributed by atoms with Crippen molar-refractivity contribution < 1.29 is 9.90 Å². The summed E-state index contributed by atoms with van der Waals surface area (Å²) in [7, 11) is 0. The monoisotopic (exact) mass is 402 g/mol. The number of nitrogens with zero attached hydrogens (tertiary/aromatic N) is 2. The fourth-order valence-electron chi connectivity index (χ4n) is 4.33. The summed E-state index contributed by atoms with van der Waals surface area (Å²) in [6.07, 6.45) is 1.64. The molecule has 0 aliphatic carbocycles. The minimum atomic E-state index is -0.698. The number of rotatable bonds is 4. The first-order valence-corrected chi connectivity index (χ1v) is 10.8. The van der Waals surface area contributed by atoms with Gasteiger partial charge in [0.25, 0.3) is 0 Å². The molecule has 2 atom stereocenters. The number of aliphatic carboxylic acids is 1. The molecule has 2 aromatic heterocycles. The number of fused-ring (bicyclic) bond motifs is 2. The molecule has 0 amide bonds. The van der Waals surface area contributed by atoms with Crippen LogP contribution in [0.2, 0.25) is 0 Å². The Morgan fingerprint density at radius 2 is 1.86 bits per heavy atom. The standard InChI is InChI=1S/C24H22N2O2S/c27-24(28)18-8-5-13-26(15-18)23(22-14-17-7-2-4-10-21(17)29-22)20-12-11-16-6-1-3-9-19(16)25-20/h1-4,6-7,9-12,14,18,23H,5,8,13,15H2,(H,27,28). The van der Waals surface area contributed by atoms with E-state index in [-0.39, 0.29) is 12.0 Å². The summed E-state index contributed by atoms with van der Waals surface area (Å²) in [4.78, 5) is 20.2. The molecule has 1 aliphatic rings. The molecule has 4 nitrogen and oxygen atoms in total. The van der Waals surface area contributed by atoms with E-state index in [4.69, 9.17) is 4.98 Å². The molecule has 2 aromatic carbocycles. The molecule has 5 rings (SSSR count). The fraction of sp³-hybridized carbons (Fsp3) is 0.250. The quantitative estimate of drug-likeness (QED) is 0.501. The Kier molecular flexibility index (Phi) is 4.78. The van der Waals surface area contributed by atoms with Crippen LogP contribution in [-0.2, 0) is 4.79 Å². The third kappa shape index (κ3) is 3.52. The molecule has 0 saturated carbocycles. The molecular weight excluding hydrogens is 380 g/mol. The highest BCUT2D eigenvalue weighted by Crippen LogP contribution is 2.38. The van der Waals surface area contributed by atoms with Crippen LogP contribution in [0.3, 0.4) is 0 Å². The number of aromatic nitrogens is 1. The number of thiophene rings is 1. The minimum Gasteiger partial charge on any atom is -0.481 e. The third-order valence-electron chi connectivity index (χ3n) is 5.78. The van der Waals surface area contributed by atoms with Gasteiger partial charge in [-0.05, 0) is 49.0 Å². The molecule has 2 unspecified atom stereocenters. The van der Waals surface area contributed by atoms with E-state index in [0.29, 0.717) is 6.54 Å². The molecule has 1 fully saturated rings. The van der Waals surface area contributed by atoms with Gasteiger partial charge in [-0.2, -0.15) is 0 Å². The Morgan fingerprint density at radius 1 is 1.07 bits per heavy atom. The maximum atomic E-state index is 11.7. The number of hydrogen-bond donors (Lipinski definition) is 1. The van der Waals surface area contributed by atoms with E-state index in [0.717, 1.165) is 36.0 Å². The van der Waals surface area contributed by atoms with Crippen LogP contribution in [0.15, 0.2) is 66.7 Å². The SMILES string of the molecule is O=C(O)C1CCCN(C(c2ccc3ccccc3n2)c2cc3ccccc3s2)C1. The number of para-hydroxylation sites is 1. The Hall–Kier alpha value is -2.76. The largest absolute Gasteiger partial charge is 0.481 e. The van der Waals surface area contributed by atoms with E-state index in [2.05, 4.69) is 53.4 Å². The average Bonchev–Trinajstić information content (AvgIpc) is 3.17. The number of hydrogen-bond acceptors (Lipinski definition) is 4. The van der Waals surface area contributed by atoms with Crippen LogP contribution >= 0.6 is 11.3 Å². The first-order chi connectivity index (χ1) is 14.2. The van der Waals surface area contributed by atoms with Gasteiger partial charge in [0.1, 0.15) is 0 Å². The lowest BCUT2D eigenvalue weighted by atomic mass is 9.95. The van der Waals surface area contributed by atoms with Gasteiger partial charge in [0.15, 0.2) is 0 Å².